The van der Waals surface area contributed by atoms with Crippen molar-refractivity contribution in [2.45, 2.75) is 30.8 Å². The molecule has 0 amide bonds. The van der Waals surface area contributed by atoms with E-state index in [0.717, 1.165) is 0 Å². The number of hydrogen-bond acceptors (Lipinski definition) is 5. The highest BCUT2D eigenvalue weighted by atomic mass is 19.4. The normalized spacial score (nSPS) is 38.0. The lowest BCUT2D eigenvalue weighted by Gasteiger charge is -2.34. The van der Waals surface area contributed by atoms with Gasteiger partial charge < -0.3 is 24.8 Å². The Kier molecular flexibility index (Phi) is 3.90. The molecule has 3 N–H and O–H groups in total. The maximum absolute atomic E-state index is 11.7. The molecule has 1 aliphatic heterocycles. The summed E-state index contributed by atoms with van der Waals surface area (Å²) >= 11 is 0. The van der Waals surface area contributed by atoms with Crippen LogP contribution in [0.25, 0.3) is 0 Å². The molecule has 8 heteroatoms. The minimum absolute atomic E-state index is 0.388. The number of halogens is 3. The van der Waals surface area contributed by atoms with E-state index >= 15 is 0 Å². The van der Waals surface area contributed by atoms with Gasteiger partial charge in [-0.2, -0.15) is 13.2 Å². The Bertz CT molecular complexity index is 209. The molecule has 0 radical (unpaired) electrons. The fraction of sp³-hybridized carbons (Fsp3) is 1.00. The van der Waals surface area contributed by atoms with Crippen LogP contribution in [0.4, 0.5) is 13.2 Å². The van der Waals surface area contributed by atoms with Crippen LogP contribution in [-0.2, 0) is 9.47 Å². The van der Waals surface area contributed by atoms with E-state index in [9.17, 15) is 18.3 Å². The van der Waals surface area contributed by atoms with Crippen LogP contribution >= 0.6 is 0 Å². The molecular formula is C7H11F3O5. The third-order valence-electron chi connectivity index (χ3n) is 1.87. The number of hydrogen-bond donors (Lipinski definition) is 3. The van der Waals surface area contributed by atoms with Gasteiger partial charge >= 0.3 is 6.18 Å². The molecule has 1 aliphatic rings. The molecule has 0 saturated carbocycles. The summed E-state index contributed by atoms with van der Waals surface area (Å²) in [6.07, 6.45) is -10.7. The summed E-state index contributed by atoms with van der Waals surface area (Å²) in [5.74, 6) is 0. The third kappa shape index (κ3) is 3.58. The lowest BCUT2D eigenvalue weighted by molar-refractivity contribution is -0.295. The summed E-state index contributed by atoms with van der Waals surface area (Å²) < 4.78 is 44.0. The van der Waals surface area contributed by atoms with Crippen molar-refractivity contribution in [1.29, 1.82) is 0 Å². The van der Waals surface area contributed by atoms with Gasteiger partial charge in [0.05, 0.1) is 6.61 Å². The highest BCUT2D eigenvalue weighted by Gasteiger charge is 2.40. The Labute approximate surface area is 83.0 Å². The molecule has 5 nitrogen and oxygen atoms in total. The zero-order chi connectivity index (χ0) is 11.6. The third-order valence-corrected chi connectivity index (χ3v) is 1.87. The number of alkyl halides is 3. The predicted octanol–water partition coefficient (Wildman–Crippen LogP) is -0.996. The van der Waals surface area contributed by atoms with E-state index in [1.165, 1.54) is 0 Å². The average molecular weight is 232 g/mol. The molecule has 90 valence electrons. The SMILES string of the molecule is OC1COC(OCC(F)(F)F)C(O)C1O. The van der Waals surface area contributed by atoms with Crippen molar-refractivity contribution in [3.63, 3.8) is 0 Å². The van der Waals surface area contributed by atoms with E-state index in [0.29, 0.717) is 0 Å². The van der Waals surface area contributed by atoms with Gasteiger partial charge in [-0.05, 0) is 0 Å². The van der Waals surface area contributed by atoms with Crippen molar-refractivity contribution >= 4 is 0 Å². The highest BCUT2D eigenvalue weighted by molar-refractivity contribution is 4.82. The van der Waals surface area contributed by atoms with Crippen LogP contribution in [0.3, 0.4) is 0 Å². The largest absolute Gasteiger partial charge is 0.411 e. The second-order valence-electron chi connectivity index (χ2n) is 3.18. The molecule has 1 fully saturated rings. The smallest absolute Gasteiger partial charge is 0.388 e. The topological polar surface area (TPSA) is 79.2 Å². The van der Waals surface area contributed by atoms with Crippen LogP contribution in [0.1, 0.15) is 0 Å². The Hall–Kier alpha value is -0.410. The van der Waals surface area contributed by atoms with Crippen molar-refractivity contribution in [2.24, 2.45) is 0 Å². The van der Waals surface area contributed by atoms with Crippen LogP contribution in [0, 0.1) is 0 Å². The van der Waals surface area contributed by atoms with Crippen LogP contribution in [0.15, 0.2) is 0 Å². The van der Waals surface area contributed by atoms with Crippen LogP contribution in [0.2, 0.25) is 0 Å². The van der Waals surface area contributed by atoms with Crippen molar-refractivity contribution in [3.8, 4) is 0 Å². The molecule has 0 aromatic rings. The van der Waals surface area contributed by atoms with E-state index in [2.05, 4.69) is 9.47 Å². The summed E-state index contributed by atoms with van der Waals surface area (Å²) in [6.45, 7) is -1.97. The van der Waals surface area contributed by atoms with Gasteiger partial charge in [0.15, 0.2) is 6.29 Å². The van der Waals surface area contributed by atoms with Crippen LogP contribution in [-0.4, -0.2) is 59.3 Å². The second-order valence-corrected chi connectivity index (χ2v) is 3.18. The minimum atomic E-state index is -4.54. The van der Waals surface area contributed by atoms with Crippen molar-refractivity contribution in [1.82, 2.24) is 0 Å². The summed E-state index contributed by atoms with van der Waals surface area (Å²) in [5.41, 5.74) is 0. The van der Waals surface area contributed by atoms with Gasteiger partial charge in [-0.15, -0.1) is 0 Å². The minimum Gasteiger partial charge on any atom is -0.388 e. The first-order chi connectivity index (χ1) is 6.81. The Morgan fingerprint density at radius 1 is 1.20 bits per heavy atom. The molecule has 0 spiro atoms. The van der Waals surface area contributed by atoms with E-state index in [1.54, 1.807) is 0 Å². The average Bonchev–Trinajstić information content (AvgIpc) is 2.12. The molecule has 1 heterocycles. The maximum atomic E-state index is 11.7. The lowest BCUT2D eigenvalue weighted by Crippen LogP contribution is -2.54. The molecule has 0 aromatic heterocycles. The predicted molar refractivity (Wildman–Crippen MR) is 39.8 cm³/mol. The van der Waals surface area contributed by atoms with Crippen LogP contribution in [0.5, 0.6) is 0 Å². The number of ether oxygens (including phenoxy) is 2. The highest BCUT2D eigenvalue weighted by Crippen LogP contribution is 2.20. The van der Waals surface area contributed by atoms with Crippen molar-refractivity contribution in [2.75, 3.05) is 13.2 Å². The number of aliphatic hydroxyl groups excluding tert-OH is 3. The fourth-order valence-corrected chi connectivity index (χ4v) is 1.10. The molecule has 4 unspecified atom stereocenters. The fourth-order valence-electron chi connectivity index (χ4n) is 1.10. The zero-order valence-corrected chi connectivity index (χ0v) is 7.52. The summed E-state index contributed by atoms with van der Waals surface area (Å²) in [5, 5.41) is 27.3. The van der Waals surface area contributed by atoms with Gasteiger partial charge in [-0.25, -0.2) is 0 Å². The van der Waals surface area contributed by atoms with Gasteiger partial charge in [-0.3, -0.25) is 0 Å². The molecule has 0 bridgehead atoms. The Morgan fingerprint density at radius 2 is 1.80 bits per heavy atom. The van der Waals surface area contributed by atoms with Crippen molar-refractivity contribution < 1.29 is 38.0 Å². The first kappa shape index (κ1) is 12.7. The van der Waals surface area contributed by atoms with Crippen LogP contribution < -0.4 is 0 Å². The lowest BCUT2D eigenvalue weighted by atomic mass is 10.1. The zero-order valence-electron chi connectivity index (χ0n) is 7.52. The Morgan fingerprint density at radius 3 is 2.33 bits per heavy atom. The van der Waals surface area contributed by atoms with Gasteiger partial charge in [0.1, 0.15) is 24.9 Å². The standard InChI is InChI=1S/C7H11F3O5/c8-7(9,10)2-15-6-5(13)4(12)3(11)1-14-6/h3-6,11-13H,1-2H2. The van der Waals surface area contributed by atoms with Crippen molar-refractivity contribution in [3.05, 3.63) is 0 Å². The quantitative estimate of drug-likeness (QED) is 0.569. The van der Waals surface area contributed by atoms with E-state index < -0.39 is 37.4 Å². The Balaban J connectivity index is 2.43. The molecule has 4 atom stereocenters. The molecule has 1 saturated heterocycles. The first-order valence-electron chi connectivity index (χ1n) is 4.15. The summed E-state index contributed by atoms with van der Waals surface area (Å²) in [7, 11) is 0. The molecular weight excluding hydrogens is 221 g/mol. The monoisotopic (exact) mass is 232 g/mol. The van der Waals surface area contributed by atoms with E-state index in [-0.39, 0.29) is 6.61 Å². The van der Waals surface area contributed by atoms with E-state index in [4.69, 9.17) is 10.2 Å². The van der Waals surface area contributed by atoms with Gasteiger partial charge in [-0.1, -0.05) is 0 Å². The molecule has 1 rings (SSSR count). The molecule has 0 aromatic carbocycles. The van der Waals surface area contributed by atoms with Gasteiger partial charge in [0, 0.05) is 0 Å². The molecule has 0 aliphatic carbocycles. The number of aliphatic hydroxyl groups is 3. The van der Waals surface area contributed by atoms with Gasteiger partial charge in [0.2, 0.25) is 0 Å². The van der Waals surface area contributed by atoms with E-state index in [1.807, 2.05) is 0 Å². The number of rotatable bonds is 2. The summed E-state index contributed by atoms with van der Waals surface area (Å²) in [6, 6.07) is 0. The second kappa shape index (κ2) is 4.62. The molecule has 15 heavy (non-hydrogen) atoms. The first-order valence-corrected chi connectivity index (χ1v) is 4.15. The maximum Gasteiger partial charge on any atom is 0.411 e. The van der Waals surface area contributed by atoms with Gasteiger partial charge in [0.25, 0.3) is 0 Å². The summed E-state index contributed by atoms with van der Waals surface area (Å²) in [4.78, 5) is 0.